The van der Waals surface area contributed by atoms with Gasteiger partial charge in [0.25, 0.3) is 0 Å². The van der Waals surface area contributed by atoms with E-state index < -0.39 is 12.1 Å². The molecule has 0 saturated carbocycles. The first-order valence-electron chi connectivity index (χ1n) is 14.7. The molecule has 0 aromatic heterocycles. The van der Waals surface area contributed by atoms with Gasteiger partial charge >= 0.3 is 6.03 Å². The second kappa shape index (κ2) is 20.4. The molecule has 0 bridgehead atoms. The standard InChI is InChI=1S/C28H44N4O4.C2H6.CH3NO/c1-18(2)15-24(20(5)33)30-25(34)13-9-10-14-32(6)27(35)26(31-28(36)29-19(3)4)23-16-21-11-7-8-12-22(21)17-23;1-2;2-1-3/h7-8,11-12,18-19,23-24,26H,9-10,13-17H2,1-6H3,(H,30,34)(H2,29,31,36);1-2H3;1H,(H2,2,3). The van der Waals surface area contributed by atoms with E-state index in [1.54, 1.807) is 11.9 Å². The van der Waals surface area contributed by atoms with Crippen LogP contribution in [-0.2, 0) is 32.0 Å². The Kier molecular flexibility index (Phi) is 18.7. The molecule has 0 radical (unpaired) electrons. The maximum atomic E-state index is 13.4. The van der Waals surface area contributed by atoms with Crippen LogP contribution in [0.4, 0.5) is 4.79 Å². The van der Waals surface area contributed by atoms with Crippen LogP contribution in [0.2, 0.25) is 0 Å². The number of hydrogen-bond donors (Lipinski definition) is 4. The molecule has 5 amide bonds. The number of benzene rings is 1. The Hall–Kier alpha value is -3.43. The van der Waals surface area contributed by atoms with Gasteiger partial charge in [0.15, 0.2) is 5.78 Å². The van der Waals surface area contributed by atoms with Crippen LogP contribution in [0, 0.1) is 11.8 Å². The number of nitrogens with zero attached hydrogens (tertiary/aromatic N) is 1. The predicted molar refractivity (Wildman–Crippen MR) is 163 cm³/mol. The third-order valence-electron chi connectivity index (χ3n) is 6.58. The number of hydrogen-bond acceptors (Lipinski definition) is 5. The number of urea groups is 1. The summed E-state index contributed by atoms with van der Waals surface area (Å²) in [5.41, 5.74) is 6.61. The van der Waals surface area contributed by atoms with Crippen molar-refractivity contribution in [3.8, 4) is 0 Å². The van der Waals surface area contributed by atoms with Crippen molar-refractivity contribution in [1.29, 1.82) is 0 Å². The molecule has 0 saturated heterocycles. The van der Waals surface area contributed by atoms with Crippen LogP contribution in [0.3, 0.4) is 0 Å². The molecule has 0 fully saturated rings. The van der Waals surface area contributed by atoms with E-state index >= 15 is 0 Å². The second-order valence-corrected chi connectivity index (χ2v) is 10.9. The molecule has 232 valence electrons. The molecule has 1 aromatic carbocycles. The van der Waals surface area contributed by atoms with Gasteiger partial charge in [-0.25, -0.2) is 4.79 Å². The number of carbonyl (C=O) groups excluding carboxylic acids is 5. The summed E-state index contributed by atoms with van der Waals surface area (Å²) in [6.07, 6.45) is 3.94. The number of nitrogens with one attached hydrogen (secondary N) is 3. The first kappa shape index (κ1) is 37.6. The average molecular weight is 576 g/mol. The van der Waals surface area contributed by atoms with E-state index in [9.17, 15) is 19.2 Å². The van der Waals surface area contributed by atoms with Crippen molar-refractivity contribution in [1.82, 2.24) is 20.9 Å². The maximum absolute atomic E-state index is 13.4. The third kappa shape index (κ3) is 14.7. The zero-order chi connectivity index (χ0) is 31.5. The van der Waals surface area contributed by atoms with Crippen molar-refractivity contribution in [2.24, 2.45) is 17.6 Å². The topological polar surface area (TPSA) is 151 Å². The monoisotopic (exact) mass is 575 g/mol. The summed E-state index contributed by atoms with van der Waals surface area (Å²) in [5.74, 6) is 0.0147. The van der Waals surface area contributed by atoms with Crippen molar-refractivity contribution in [2.75, 3.05) is 13.6 Å². The molecule has 10 heteroatoms. The molecule has 2 unspecified atom stereocenters. The summed E-state index contributed by atoms with van der Waals surface area (Å²) in [6.45, 7) is 13.8. The highest BCUT2D eigenvalue weighted by atomic mass is 16.2. The lowest BCUT2D eigenvalue weighted by atomic mass is 9.95. The fourth-order valence-electron chi connectivity index (χ4n) is 4.70. The fourth-order valence-corrected chi connectivity index (χ4v) is 4.70. The lowest BCUT2D eigenvalue weighted by molar-refractivity contribution is -0.133. The number of Topliss-reactive ketones (excluding diaryl/α,β-unsaturated/α-hetero) is 1. The van der Waals surface area contributed by atoms with E-state index in [4.69, 9.17) is 4.79 Å². The molecule has 2 rings (SSSR count). The van der Waals surface area contributed by atoms with Gasteiger partial charge in [-0.15, -0.1) is 0 Å². The number of amides is 5. The lowest BCUT2D eigenvalue weighted by Crippen LogP contribution is -2.55. The summed E-state index contributed by atoms with van der Waals surface area (Å²) in [5, 5.41) is 8.58. The van der Waals surface area contributed by atoms with Gasteiger partial charge in [-0.2, -0.15) is 0 Å². The zero-order valence-electron chi connectivity index (χ0n) is 26.3. The molecule has 41 heavy (non-hydrogen) atoms. The Bertz CT molecular complexity index is 941. The van der Waals surface area contributed by atoms with Crippen LogP contribution < -0.4 is 21.7 Å². The van der Waals surface area contributed by atoms with E-state index in [1.807, 2.05) is 53.7 Å². The molecule has 10 nitrogen and oxygen atoms in total. The van der Waals surface area contributed by atoms with Crippen LogP contribution in [0.5, 0.6) is 0 Å². The molecule has 0 aliphatic heterocycles. The van der Waals surface area contributed by atoms with Gasteiger partial charge in [-0.05, 0) is 75.8 Å². The number of ketones is 1. The van der Waals surface area contributed by atoms with Crippen molar-refractivity contribution in [3.63, 3.8) is 0 Å². The number of primary amides is 1. The van der Waals surface area contributed by atoms with Gasteiger partial charge in [-0.1, -0.05) is 52.0 Å². The lowest BCUT2D eigenvalue weighted by Gasteiger charge is -2.29. The largest absolute Gasteiger partial charge is 0.372 e. The molecule has 2 atom stereocenters. The smallest absolute Gasteiger partial charge is 0.315 e. The van der Waals surface area contributed by atoms with Gasteiger partial charge in [0, 0.05) is 26.1 Å². The van der Waals surface area contributed by atoms with Gasteiger partial charge < -0.3 is 26.6 Å². The third-order valence-corrected chi connectivity index (χ3v) is 6.58. The van der Waals surface area contributed by atoms with Crippen molar-refractivity contribution in [2.45, 2.75) is 105 Å². The van der Waals surface area contributed by atoms with Crippen LogP contribution in [0.15, 0.2) is 24.3 Å². The minimum absolute atomic E-state index is 0.00879. The molecular weight excluding hydrogens is 522 g/mol. The van der Waals surface area contributed by atoms with E-state index in [0.717, 1.165) is 12.8 Å². The van der Waals surface area contributed by atoms with E-state index in [0.29, 0.717) is 38.1 Å². The first-order valence-corrected chi connectivity index (χ1v) is 14.7. The number of nitrogens with two attached hydrogens (primary N) is 1. The Balaban J connectivity index is 0.00000299. The molecule has 1 aliphatic carbocycles. The van der Waals surface area contributed by atoms with Gasteiger partial charge in [0.2, 0.25) is 18.2 Å². The molecule has 0 spiro atoms. The van der Waals surface area contributed by atoms with Gasteiger partial charge in [0.05, 0.1) is 6.04 Å². The number of rotatable bonds is 13. The Morgan fingerprint density at radius 1 is 0.976 bits per heavy atom. The number of likely N-dealkylation sites (N-methyl/N-ethyl adjacent to an activating group) is 1. The highest BCUT2D eigenvalue weighted by Crippen LogP contribution is 2.29. The zero-order valence-corrected chi connectivity index (χ0v) is 26.3. The summed E-state index contributed by atoms with van der Waals surface area (Å²) < 4.78 is 0. The Labute approximate surface area is 246 Å². The minimum atomic E-state index is -0.628. The van der Waals surface area contributed by atoms with Gasteiger partial charge in [0.1, 0.15) is 6.04 Å². The van der Waals surface area contributed by atoms with E-state index in [-0.39, 0.29) is 42.0 Å². The summed E-state index contributed by atoms with van der Waals surface area (Å²) in [4.78, 5) is 60.3. The quantitative estimate of drug-likeness (QED) is 0.210. The first-order chi connectivity index (χ1) is 19.4. The predicted octanol–water partition coefficient (Wildman–Crippen LogP) is 3.35. The molecular formula is C31H53N5O5. The van der Waals surface area contributed by atoms with Crippen molar-refractivity contribution < 1.29 is 24.0 Å². The van der Waals surface area contributed by atoms with Crippen LogP contribution in [0.1, 0.15) is 85.3 Å². The van der Waals surface area contributed by atoms with Crippen molar-refractivity contribution in [3.05, 3.63) is 35.4 Å². The minimum Gasteiger partial charge on any atom is -0.372 e. The summed E-state index contributed by atoms with van der Waals surface area (Å²) in [6, 6.07) is 6.72. The highest BCUT2D eigenvalue weighted by molar-refractivity contribution is 5.88. The highest BCUT2D eigenvalue weighted by Gasteiger charge is 2.35. The van der Waals surface area contributed by atoms with Gasteiger partial charge in [-0.3, -0.25) is 19.2 Å². The number of unbranched alkanes of at least 4 members (excludes halogenated alkanes) is 1. The second-order valence-electron chi connectivity index (χ2n) is 10.9. The number of carbonyl (C=O) groups is 5. The molecule has 5 N–H and O–H groups in total. The Morgan fingerprint density at radius 3 is 1.98 bits per heavy atom. The summed E-state index contributed by atoms with van der Waals surface area (Å²) in [7, 11) is 1.74. The maximum Gasteiger partial charge on any atom is 0.315 e. The molecule has 1 aliphatic rings. The van der Waals surface area contributed by atoms with Crippen molar-refractivity contribution >= 4 is 30.0 Å². The number of fused-ring (bicyclic) bond motifs is 1. The molecule has 1 aromatic rings. The molecule has 0 heterocycles. The van der Waals surface area contributed by atoms with E-state index in [2.05, 4.69) is 33.8 Å². The Morgan fingerprint density at radius 2 is 1.51 bits per heavy atom. The normalized spacial score (nSPS) is 13.4. The fraction of sp³-hybridized carbons (Fsp3) is 0.645. The van der Waals surface area contributed by atoms with Crippen LogP contribution >= 0.6 is 0 Å². The van der Waals surface area contributed by atoms with Crippen LogP contribution in [-0.4, -0.2) is 66.7 Å². The van der Waals surface area contributed by atoms with E-state index in [1.165, 1.54) is 18.1 Å². The SMILES string of the molecule is CC.CC(=O)C(CC(C)C)NC(=O)CCCCN(C)C(=O)C(NC(=O)NC(C)C)C1Cc2ccccc2C1.NC=O. The average Bonchev–Trinajstić information content (AvgIpc) is 3.34. The van der Waals surface area contributed by atoms with Crippen LogP contribution in [0.25, 0.3) is 0 Å². The summed E-state index contributed by atoms with van der Waals surface area (Å²) >= 11 is 0.